The SMILES string of the molecule is COc1ccc(/C=C2/C(=O)[C@]3(c4ccccc42)[C@@H](c2ccc(OC)cc2)[C@@H]2CCCN2[C@]32C(=O)c3cccc4cccc2c34)cc1. The topological polar surface area (TPSA) is 55.8 Å². The molecule has 0 saturated carbocycles. The third-order valence-corrected chi connectivity index (χ3v) is 11.2. The molecular formula is C41H33NO4. The maximum absolute atomic E-state index is 15.9. The van der Waals surface area contributed by atoms with E-state index in [2.05, 4.69) is 53.4 Å². The predicted molar refractivity (Wildman–Crippen MR) is 179 cm³/mol. The molecule has 5 nitrogen and oxygen atoms in total. The summed E-state index contributed by atoms with van der Waals surface area (Å²) in [7, 11) is 3.32. The van der Waals surface area contributed by atoms with E-state index < -0.39 is 11.0 Å². The second-order valence-corrected chi connectivity index (χ2v) is 12.9. The van der Waals surface area contributed by atoms with Crippen LogP contribution in [0.3, 0.4) is 0 Å². The van der Waals surface area contributed by atoms with E-state index in [1.807, 2.05) is 66.7 Å². The Balaban J connectivity index is 1.40. The number of carbonyl (C=O) groups is 2. The van der Waals surface area contributed by atoms with Gasteiger partial charge in [-0.25, -0.2) is 0 Å². The maximum atomic E-state index is 15.9. The van der Waals surface area contributed by atoms with Crippen molar-refractivity contribution in [2.24, 2.45) is 0 Å². The van der Waals surface area contributed by atoms with Crippen molar-refractivity contribution in [2.75, 3.05) is 20.8 Å². The van der Waals surface area contributed by atoms with Crippen molar-refractivity contribution in [1.29, 1.82) is 0 Å². The summed E-state index contributed by atoms with van der Waals surface area (Å²) in [4.78, 5) is 33.9. The average Bonchev–Trinajstić information content (AvgIpc) is 3.81. The van der Waals surface area contributed by atoms with Crippen molar-refractivity contribution >= 4 is 34.0 Å². The van der Waals surface area contributed by atoms with Gasteiger partial charge in [0.1, 0.15) is 17.0 Å². The molecule has 0 unspecified atom stereocenters. The molecule has 5 heteroatoms. The van der Waals surface area contributed by atoms with Crippen LogP contribution >= 0.6 is 0 Å². The van der Waals surface area contributed by atoms with Crippen LogP contribution in [0, 0.1) is 0 Å². The van der Waals surface area contributed by atoms with Gasteiger partial charge in [0.25, 0.3) is 0 Å². The smallest absolute Gasteiger partial charge is 0.189 e. The van der Waals surface area contributed by atoms with E-state index in [-0.39, 0.29) is 23.5 Å². The van der Waals surface area contributed by atoms with Crippen LogP contribution in [0.2, 0.25) is 0 Å². The minimum Gasteiger partial charge on any atom is -0.497 e. The van der Waals surface area contributed by atoms with Crippen molar-refractivity contribution in [1.82, 2.24) is 4.90 Å². The van der Waals surface area contributed by atoms with E-state index in [1.165, 1.54) is 0 Å². The van der Waals surface area contributed by atoms with Gasteiger partial charge in [0, 0.05) is 23.1 Å². The number of hydrogen-bond donors (Lipinski definition) is 0. The van der Waals surface area contributed by atoms with Gasteiger partial charge in [-0.1, -0.05) is 84.9 Å². The van der Waals surface area contributed by atoms with Gasteiger partial charge in [-0.05, 0) is 88.3 Å². The third kappa shape index (κ3) is 3.18. The highest BCUT2D eigenvalue weighted by Crippen LogP contribution is 2.71. The summed E-state index contributed by atoms with van der Waals surface area (Å²) in [6.45, 7) is 0.752. The van der Waals surface area contributed by atoms with Crippen molar-refractivity contribution in [2.45, 2.75) is 35.8 Å². The minimum atomic E-state index is -1.19. The first-order valence-electron chi connectivity index (χ1n) is 16.0. The van der Waals surface area contributed by atoms with Gasteiger partial charge in [0.05, 0.1) is 19.6 Å². The minimum absolute atomic E-state index is 0.000689. The lowest BCUT2D eigenvalue weighted by Gasteiger charge is -2.46. The fraction of sp³-hybridized carbons (Fsp3) is 0.220. The Bertz CT molecular complexity index is 2110. The first kappa shape index (κ1) is 27.3. The Hall–Kier alpha value is -5.00. The highest BCUT2D eigenvalue weighted by molar-refractivity contribution is 6.37. The summed E-state index contributed by atoms with van der Waals surface area (Å²) < 4.78 is 11.0. The number of methoxy groups -OCH3 is 2. The van der Waals surface area contributed by atoms with E-state index in [0.717, 1.165) is 69.5 Å². The molecule has 46 heavy (non-hydrogen) atoms. The molecule has 2 aliphatic carbocycles. The number of ketones is 2. The van der Waals surface area contributed by atoms with Crippen LogP contribution in [-0.4, -0.2) is 43.3 Å². The van der Waals surface area contributed by atoms with Gasteiger partial charge in [-0.3, -0.25) is 14.5 Å². The van der Waals surface area contributed by atoms with Gasteiger partial charge in [0.15, 0.2) is 11.6 Å². The number of benzene rings is 5. The van der Waals surface area contributed by atoms with Crippen LogP contribution in [0.4, 0.5) is 0 Å². The first-order chi connectivity index (χ1) is 22.5. The van der Waals surface area contributed by atoms with Crippen LogP contribution in [0.25, 0.3) is 22.4 Å². The lowest BCUT2D eigenvalue weighted by atomic mass is 9.55. The van der Waals surface area contributed by atoms with Crippen LogP contribution in [0.1, 0.15) is 56.9 Å². The number of Topliss-reactive ketones (excluding diaryl/α,β-unsaturated/α-hetero) is 2. The number of rotatable bonds is 4. The Morgan fingerprint density at radius 3 is 2.11 bits per heavy atom. The standard InChI is InChI=1S/C41H33NO4/c1-45-28-19-15-25(16-20-28)24-32-30-10-3-4-12-33(30)40(38(32)43)37(27-17-21-29(46-2)22-18-27)35-14-7-23-42(35)41(40)34-13-6-9-26-8-5-11-31(36(26)34)39(41)44/h3-6,8-13,15-22,24,35,37H,7,14,23H2,1-2H3/b32-24+/t35-,37-,40-,41+/m0/s1. The first-order valence-corrected chi connectivity index (χ1v) is 16.0. The molecule has 2 fully saturated rings. The normalized spacial score (nSPS) is 26.9. The number of carbonyl (C=O) groups excluding carboxylic acids is 2. The molecule has 0 N–H and O–H groups in total. The van der Waals surface area contributed by atoms with Gasteiger partial charge in [0.2, 0.25) is 0 Å². The molecular weight excluding hydrogens is 570 g/mol. The number of allylic oxidation sites excluding steroid dienone is 1. The Morgan fingerprint density at radius 1 is 0.717 bits per heavy atom. The molecule has 2 saturated heterocycles. The predicted octanol–water partition coefficient (Wildman–Crippen LogP) is 7.57. The van der Waals surface area contributed by atoms with E-state index in [0.29, 0.717) is 11.1 Å². The van der Waals surface area contributed by atoms with Gasteiger partial charge < -0.3 is 9.47 Å². The quantitative estimate of drug-likeness (QED) is 0.198. The molecule has 5 aromatic carbocycles. The second kappa shape index (κ2) is 9.75. The van der Waals surface area contributed by atoms with Crippen molar-refractivity contribution in [3.63, 3.8) is 0 Å². The zero-order valence-electron chi connectivity index (χ0n) is 25.8. The molecule has 2 heterocycles. The Labute approximate surface area is 268 Å². The highest BCUT2D eigenvalue weighted by Gasteiger charge is 2.79. The molecule has 9 rings (SSSR count). The largest absolute Gasteiger partial charge is 0.497 e. The molecule has 4 atom stereocenters. The fourth-order valence-electron chi connectivity index (χ4n) is 9.60. The van der Waals surface area contributed by atoms with Gasteiger partial charge in [-0.2, -0.15) is 0 Å². The van der Waals surface area contributed by atoms with Crippen molar-refractivity contribution in [3.05, 3.63) is 143 Å². The molecule has 0 amide bonds. The molecule has 0 bridgehead atoms. The summed E-state index contributed by atoms with van der Waals surface area (Å²) in [6, 6.07) is 36.4. The third-order valence-electron chi connectivity index (χ3n) is 11.2. The Kier molecular flexibility index (Phi) is 5.79. The summed E-state index contributed by atoms with van der Waals surface area (Å²) in [5.41, 5.74) is 3.75. The molecule has 2 spiro atoms. The number of hydrogen-bond acceptors (Lipinski definition) is 5. The Morgan fingerprint density at radius 2 is 1.37 bits per heavy atom. The van der Waals surface area contributed by atoms with E-state index in [4.69, 9.17) is 9.47 Å². The van der Waals surface area contributed by atoms with Crippen molar-refractivity contribution in [3.8, 4) is 11.5 Å². The molecule has 2 aliphatic heterocycles. The maximum Gasteiger partial charge on any atom is 0.189 e. The zero-order valence-corrected chi connectivity index (χ0v) is 25.8. The molecule has 0 radical (unpaired) electrons. The second-order valence-electron chi connectivity index (χ2n) is 12.9. The summed E-state index contributed by atoms with van der Waals surface area (Å²) in [5.74, 6) is 1.31. The van der Waals surface area contributed by atoms with E-state index in [9.17, 15) is 0 Å². The molecule has 4 aliphatic rings. The molecule has 5 aromatic rings. The number of ether oxygens (including phenoxy) is 2. The monoisotopic (exact) mass is 603 g/mol. The van der Waals surface area contributed by atoms with E-state index in [1.54, 1.807) is 14.2 Å². The van der Waals surface area contributed by atoms with Crippen molar-refractivity contribution < 1.29 is 19.1 Å². The van der Waals surface area contributed by atoms with Crippen LogP contribution in [0.15, 0.2) is 109 Å². The van der Waals surface area contributed by atoms with Crippen LogP contribution < -0.4 is 9.47 Å². The highest BCUT2D eigenvalue weighted by atomic mass is 16.5. The molecule has 0 aromatic heterocycles. The van der Waals surface area contributed by atoms with Crippen LogP contribution in [-0.2, 0) is 15.7 Å². The summed E-state index contributed by atoms with van der Waals surface area (Å²) in [5, 5.41) is 2.01. The molecule has 226 valence electrons. The fourth-order valence-corrected chi connectivity index (χ4v) is 9.60. The zero-order chi connectivity index (χ0) is 31.2. The van der Waals surface area contributed by atoms with Gasteiger partial charge >= 0.3 is 0 Å². The number of fused-ring (bicyclic) bond motifs is 6. The van der Waals surface area contributed by atoms with Gasteiger partial charge in [-0.15, -0.1) is 0 Å². The number of nitrogens with zero attached hydrogens (tertiary/aromatic N) is 1. The lowest BCUT2D eigenvalue weighted by Crippen LogP contribution is -2.60. The van der Waals surface area contributed by atoms with Crippen LogP contribution in [0.5, 0.6) is 11.5 Å². The summed E-state index contributed by atoms with van der Waals surface area (Å²) in [6.07, 6.45) is 3.89. The average molecular weight is 604 g/mol. The lowest BCUT2D eigenvalue weighted by molar-refractivity contribution is -0.121. The summed E-state index contributed by atoms with van der Waals surface area (Å²) >= 11 is 0. The van der Waals surface area contributed by atoms with E-state index >= 15 is 9.59 Å².